The van der Waals surface area contributed by atoms with Crippen molar-refractivity contribution in [3.8, 4) is 5.75 Å². The van der Waals surface area contributed by atoms with Gasteiger partial charge >= 0.3 is 0 Å². The summed E-state index contributed by atoms with van der Waals surface area (Å²) in [6.07, 6.45) is 1.23. The molecule has 7 nitrogen and oxygen atoms in total. The summed E-state index contributed by atoms with van der Waals surface area (Å²) >= 11 is 0. The third-order valence-electron chi connectivity index (χ3n) is 5.92. The molecule has 2 aromatic carbocycles. The van der Waals surface area contributed by atoms with E-state index in [1.165, 1.54) is 12.1 Å². The first-order valence-electron chi connectivity index (χ1n) is 11.1. The Morgan fingerprint density at radius 3 is 2.42 bits per heavy atom. The van der Waals surface area contributed by atoms with Crippen molar-refractivity contribution in [3.05, 3.63) is 64.7 Å². The fourth-order valence-corrected chi connectivity index (χ4v) is 4.00. The number of likely N-dealkylation sites (tertiary alicyclic amines) is 1. The molecule has 0 bridgehead atoms. The molecule has 1 fully saturated rings. The van der Waals surface area contributed by atoms with E-state index in [9.17, 15) is 14.0 Å². The molecule has 3 aromatic rings. The third kappa shape index (κ3) is 4.94. The number of ether oxygens (including phenoxy) is 1. The van der Waals surface area contributed by atoms with Gasteiger partial charge in [0.1, 0.15) is 17.1 Å². The van der Waals surface area contributed by atoms with Gasteiger partial charge in [0.05, 0.1) is 29.1 Å². The van der Waals surface area contributed by atoms with Gasteiger partial charge in [-0.05, 0) is 63.9 Å². The summed E-state index contributed by atoms with van der Waals surface area (Å²) in [5.41, 5.74) is 2.93. The lowest BCUT2D eigenvalue weighted by Gasteiger charge is -2.32. The predicted molar refractivity (Wildman–Crippen MR) is 123 cm³/mol. The van der Waals surface area contributed by atoms with E-state index in [1.54, 1.807) is 36.1 Å². The van der Waals surface area contributed by atoms with Gasteiger partial charge in [0.2, 0.25) is 0 Å². The second-order valence-electron chi connectivity index (χ2n) is 8.21. The zero-order chi connectivity index (χ0) is 23.5. The smallest absolute Gasteiger partial charge is 0.253 e. The van der Waals surface area contributed by atoms with Crippen molar-refractivity contribution < 1.29 is 18.7 Å². The second-order valence-corrected chi connectivity index (χ2v) is 8.21. The Hall–Kier alpha value is -3.55. The summed E-state index contributed by atoms with van der Waals surface area (Å²) in [7, 11) is 0. The standard InChI is InChI=1S/C25H27FN4O3/c1-4-33-20-7-5-17(6-8-20)25(32)30-11-9-19(10-12-30)29-24(31)21-13-18(26)14-22-23(21)28-16(3)15(2)27-22/h5-8,13-14,19H,4,9-12H2,1-3H3,(H,29,31). The van der Waals surface area contributed by atoms with Crippen LogP contribution in [0.4, 0.5) is 4.39 Å². The van der Waals surface area contributed by atoms with Crippen molar-refractivity contribution in [1.82, 2.24) is 20.2 Å². The molecule has 0 unspecified atom stereocenters. The van der Waals surface area contributed by atoms with Crippen molar-refractivity contribution in [1.29, 1.82) is 0 Å². The van der Waals surface area contributed by atoms with Crippen molar-refractivity contribution in [2.45, 2.75) is 39.7 Å². The Balaban J connectivity index is 1.40. The average molecular weight is 451 g/mol. The fraction of sp³-hybridized carbons (Fsp3) is 0.360. The number of rotatable bonds is 5. The number of aryl methyl sites for hydroxylation is 2. The fourth-order valence-electron chi connectivity index (χ4n) is 4.00. The van der Waals surface area contributed by atoms with Crippen LogP contribution in [0.15, 0.2) is 36.4 Å². The van der Waals surface area contributed by atoms with E-state index in [0.717, 1.165) is 5.75 Å². The van der Waals surface area contributed by atoms with Gasteiger partial charge in [0, 0.05) is 30.8 Å². The molecule has 1 aliphatic heterocycles. The number of nitrogens with zero attached hydrogens (tertiary/aromatic N) is 3. The van der Waals surface area contributed by atoms with E-state index in [0.29, 0.717) is 60.5 Å². The maximum Gasteiger partial charge on any atom is 0.253 e. The lowest BCUT2D eigenvalue weighted by molar-refractivity contribution is 0.0698. The number of hydrogen-bond acceptors (Lipinski definition) is 5. The van der Waals surface area contributed by atoms with Crippen LogP contribution in [0.2, 0.25) is 0 Å². The number of amides is 2. The first-order chi connectivity index (χ1) is 15.9. The summed E-state index contributed by atoms with van der Waals surface area (Å²) in [5, 5.41) is 2.98. The number of carbonyl (C=O) groups is 2. The van der Waals surface area contributed by atoms with Crippen LogP contribution >= 0.6 is 0 Å². The second kappa shape index (κ2) is 9.52. The van der Waals surface area contributed by atoms with Gasteiger partial charge in [-0.1, -0.05) is 0 Å². The molecule has 1 N–H and O–H groups in total. The molecule has 172 valence electrons. The number of aromatic nitrogens is 2. The van der Waals surface area contributed by atoms with Gasteiger partial charge in [-0.2, -0.15) is 0 Å². The Labute approximate surface area is 192 Å². The molecule has 0 radical (unpaired) electrons. The molecule has 1 saturated heterocycles. The molecule has 0 spiro atoms. The number of fused-ring (bicyclic) bond motifs is 1. The van der Waals surface area contributed by atoms with Crippen molar-refractivity contribution >= 4 is 22.8 Å². The number of nitrogens with one attached hydrogen (secondary N) is 1. The van der Waals surface area contributed by atoms with Gasteiger partial charge in [0.25, 0.3) is 11.8 Å². The third-order valence-corrected chi connectivity index (χ3v) is 5.92. The summed E-state index contributed by atoms with van der Waals surface area (Å²) in [6.45, 7) is 7.15. The van der Waals surface area contributed by atoms with Crippen LogP contribution in [0.5, 0.6) is 5.75 Å². The molecule has 33 heavy (non-hydrogen) atoms. The molecule has 0 aliphatic carbocycles. The summed E-state index contributed by atoms with van der Waals surface area (Å²) < 4.78 is 19.6. The minimum absolute atomic E-state index is 0.0416. The van der Waals surface area contributed by atoms with Crippen molar-refractivity contribution in [2.75, 3.05) is 19.7 Å². The Bertz CT molecular complexity index is 1190. The minimum atomic E-state index is -0.527. The molecule has 1 aliphatic rings. The molecule has 4 rings (SSSR count). The predicted octanol–water partition coefficient (Wildman–Crippen LogP) is 3.82. The molecule has 1 aromatic heterocycles. The lowest BCUT2D eigenvalue weighted by Crippen LogP contribution is -2.46. The van der Waals surface area contributed by atoms with Crippen LogP contribution in [-0.4, -0.2) is 52.4 Å². The van der Waals surface area contributed by atoms with Gasteiger partial charge in [-0.3, -0.25) is 9.59 Å². The van der Waals surface area contributed by atoms with Crippen molar-refractivity contribution in [3.63, 3.8) is 0 Å². The van der Waals surface area contributed by atoms with Gasteiger partial charge < -0.3 is 15.0 Å². The molecular weight excluding hydrogens is 423 g/mol. The molecule has 2 heterocycles. The van der Waals surface area contributed by atoms with E-state index in [1.807, 2.05) is 13.8 Å². The van der Waals surface area contributed by atoms with Crippen LogP contribution in [0, 0.1) is 19.7 Å². The quantitative estimate of drug-likeness (QED) is 0.639. The summed E-state index contributed by atoms with van der Waals surface area (Å²) in [6, 6.07) is 9.49. The van der Waals surface area contributed by atoms with Crippen LogP contribution in [-0.2, 0) is 0 Å². The Morgan fingerprint density at radius 1 is 1.09 bits per heavy atom. The summed E-state index contributed by atoms with van der Waals surface area (Å²) in [4.78, 5) is 36.4. The van der Waals surface area contributed by atoms with E-state index in [4.69, 9.17) is 4.74 Å². The number of halogens is 1. The Kier molecular flexibility index (Phi) is 6.53. The highest BCUT2D eigenvalue weighted by Gasteiger charge is 2.26. The average Bonchev–Trinajstić information content (AvgIpc) is 2.80. The topological polar surface area (TPSA) is 84.4 Å². The van der Waals surface area contributed by atoms with Gasteiger partial charge in [0.15, 0.2) is 0 Å². The number of hydrogen-bond donors (Lipinski definition) is 1. The highest BCUT2D eigenvalue weighted by atomic mass is 19.1. The van der Waals surface area contributed by atoms with Gasteiger partial charge in [-0.15, -0.1) is 0 Å². The number of piperidine rings is 1. The molecular formula is C25H27FN4O3. The number of benzene rings is 2. The molecule has 0 atom stereocenters. The maximum absolute atomic E-state index is 14.1. The van der Waals surface area contributed by atoms with Crippen LogP contribution in [0.3, 0.4) is 0 Å². The van der Waals surface area contributed by atoms with E-state index in [-0.39, 0.29) is 23.4 Å². The summed E-state index contributed by atoms with van der Waals surface area (Å²) in [5.74, 6) is -0.218. The van der Waals surface area contributed by atoms with Crippen molar-refractivity contribution in [2.24, 2.45) is 0 Å². The van der Waals surface area contributed by atoms with Crippen LogP contribution < -0.4 is 10.1 Å². The minimum Gasteiger partial charge on any atom is -0.494 e. The number of carbonyl (C=O) groups excluding carboxylic acids is 2. The monoisotopic (exact) mass is 450 g/mol. The first kappa shape index (κ1) is 22.6. The first-order valence-corrected chi connectivity index (χ1v) is 11.1. The highest BCUT2D eigenvalue weighted by Crippen LogP contribution is 2.21. The van der Waals surface area contributed by atoms with Crippen LogP contribution in [0.25, 0.3) is 11.0 Å². The van der Waals surface area contributed by atoms with Crippen LogP contribution in [0.1, 0.15) is 51.9 Å². The molecule has 2 amide bonds. The Morgan fingerprint density at radius 2 is 1.76 bits per heavy atom. The normalized spacial score (nSPS) is 14.4. The largest absolute Gasteiger partial charge is 0.494 e. The molecule has 8 heteroatoms. The highest BCUT2D eigenvalue weighted by molar-refractivity contribution is 6.05. The van der Waals surface area contributed by atoms with Gasteiger partial charge in [-0.25, -0.2) is 14.4 Å². The lowest BCUT2D eigenvalue weighted by atomic mass is 10.0. The SMILES string of the molecule is CCOc1ccc(C(=O)N2CCC(NC(=O)c3cc(F)cc4nc(C)c(C)nc34)CC2)cc1. The molecule has 0 saturated carbocycles. The zero-order valence-electron chi connectivity index (χ0n) is 19.0. The van der Waals surface area contributed by atoms with E-state index >= 15 is 0 Å². The van der Waals surface area contributed by atoms with E-state index < -0.39 is 5.82 Å². The zero-order valence-corrected chi connectivity index (χ0v) is 19.0. The maximum atomic E-state index is 14.1. The van der Waals surface area contributed by atoms with E-state index in [2.05, 4.69) is 15.3 Å².